The fourth-order valence-electron chi connectivity index (χ4n) is 3.14. The number of aliphatic carboxylic acids is 1. The van der Waals surface area contributed by atoms with Crippen LogP contribution in [0.4, 0.5) is 0 Å². The summed E-state index contributed by atoms with van der Waals surface area (Å²) < 4.78 is 0. The van der Waals surface area contributed by atoms with Crippen molar-refractivity contribution in [2.75, 3.05) is 0 Å². The summed E-state index contributed by atoms with van der Waals surface area (Å²) >= 11 is 1.47. The minimum absolute atomic E-state index is 0.0121. The summed E-state index contributed by atoms with van der Waals surface area (Å²) in [6.45, 7) is 0.375. The van der Waals surface area contributed by atoms with Gasteiger partial charge in [0.2, 0.25) is 5.91 Å². The molecule has 0 saturated heterocycles. The molecule has 1 fully saturated rings. The fourth-order valence-corrected chi connectivity index (χ4v) is 3.69. The summed E-state index contributed by atoms with van der Waals surface area (Å²) in [6.07, 6.45) is 6.39. The Hall–Kier alpha value is -1.69. The Labute approximate surface area is 114 Å². The molecule has 2 aliphatic carbocycles. The molecular formula is C13H14N2O3S. The van der Waals surface area contributed by atoms with Crippen molar-refractivity contribution in [3.8, 4) is 0 Å². The van der Waals surface area contributed by atoms with Gasteiger partial charge in [-0.25, -0.2) is 4.98 Å². The SMILES string of the molecule is O=C(O)[C@@H]1C2C=CC(C2)[C@@H]1C(=O)NCc1nccs1. The van der Waals surface area contributed by atoms with Crippen molar-refractivity contribution < 1.29 is 14.7 Å². The van der Waals surface area contributed by atoms with Gasteiger partial charge in [-0.3, -0.25) is 9.59 Å². The van der Waals surface area contributed by atoms with E-state index in [4.69, 9.17) is 0 Å². The van der Waals surface area contributed by atoms with E-state index in [1.807, 2.05) is 17.5 Å². The monoisotopic (exact) mass is 278 g/mol. The molecule has 0 aromatic carbocycles. The van der Waals surface area contributed by atoms with Crippen LogP contribution in [-0.4, -0.2) is 22.0 Å². The van der Waals surface area contributed by atoms with Gasteiger partial charge in [-0.05, 0) is 18.3 Å². The van der Waals surface area contributed by atoms with Gasteiger partial charge in [0.15, 0.2) is 0 Å². The lowest BCUT2D eigenvalue weighted by Crippen LogP contribution is -2.39. The maximum absolute atomic E-state index is 12.2. The van der Waals surface area contributed by atoms with Crippen molar-refractivity contribution in [2.24, 2.45) is 23.7 Å². The molecule has 1 heterocycles. The van der Waals surface area contributed by atoms with Gasteiger partial charge in [0.1, 0.15) is 5.01 Å². The standard InChI is InChI=1S/C13H14N2O3S/c16-12(15-6-9-14-3-4-19-9)10-7-1-2-8(5-7)11(10)13(17)18/h1-4,7-8,10-11H,5-6H2,(H,15,16)(H,17,18)/t7?,8?,10-,11+/m0/s1. The molecule has 4 atom stereocenters. The molecule has 0 aliphatic heterocycles. The van der Waals surface area contributed by atoms with E-state index in [1.165, 1.54) is 11.3 Å². The third-order valence-electron chi connectivity index (χ3n) is 3.94. The molecule has 2 unspecified atom stereocenters. The van der Waals surface area contributed by atoms with Crippen LogP contribution in [0.1, 0.15) is 11.4 Å². The Bertz CT molecular complexity index is 526. The molecule has 19 heavy (non-hydrogen) atoms. The molecule has 2 N–H and O–H groups in total. The number of carboxylic acids is 1. The van der Waals surface area contributed by atoms with Crippen molar-refractivity contribution in [2.45, 2.75) is 13.0 Å². The molecule has 5 nitrogen and oxygen atoms in total. The number of carbonyl (C=O) groups excluding carboxylic acids is 1. The van der Waals surface area contributed by atoms with Gasteiger partial charge < -0.3 is 10.4 Å². The average Bonchev–Trinajstić information content (AvgIpc) is 3.10. The highest BCUT2D eigenvalue weighted by Gasteiger charge is 2.51. The molecule has 6 heteroatoms. The molecule has 0 spiro atoms. The Kier molecular flexibility index (Phi) is 3.10. The van der Waals surface area contributed by atoms with E-state index in [0.29, 0.717) is 6.54 Å². The number of carboxylic acid groups (broad SMARTS) is 1. The number of thiazole rings is 1. The zero-order valence-corrected chi connectivity index (χ0v) is 11.0. The number of nitrogens with zero attached hydrogens (tertiary/aromatic N) is 1. The third kappa shape index (κ3) is 2.16. The normalized spacial score (nSPS) is 31.6. The highest BCUT2D eigenvalue weighted by atomic mass is 32.1. The largest absolute Gasteiger partial charge is 0.481 e. The first-order chi connectivity index (χ1) is 9.16. The number of rotatable bonds is 4. The van der Waals surface area contributed by atoms with Gasteiger partial charge in [-0.15, -0.1) is 11.3 Å². The number of amides is 1. The number of fused-ring (bicyclic) bond motifs is 2. The smallest absolute Gasteiger partial charge is 0.307 e. The molecule has 0 radical (unpaired) electrons. The number of hydrogen-bond donors (Lipinski definition) is 2. The third-order valence-corrected chi connectivity index (χ3v) is 4.72. The lowest BCUT2D eigenvalue weighted by Gasteiger charge is -2.23. The molecule has 1 amide bonds. The molecule has 1 saturated carbocycles. The lowest BCUT2D eigenvalue weighted by molar-refractivity contribution is -0.147. The second kappa shape index (κ2) is 4.77. The number of hydrogen-bond acceptors (Lipinski definition) is 4. The Balaban J connectivity index is 1.68. The molecule has 1 aromatic rings. The van der Waals surface area contributed by atoms with Gasteiger partial charge in [-0.2, -0.15) is 0 Å². The van der Waals surface area contributed by atoms with Crippen LogP contribution in [0.25, 0.3) is 0 Å². The van der Waals surface area contributed by atoms with Gasteiger partial charge in [0, 0.05) is 11.6 Å². The first kappa shape index (κ1) is 12.3. The van der Waals surface area contributed by atoms with Crippen molar-refractivity contribution in [1.29, 1.82) is 0 Å². The maximum atomic E-state index is 12.2. The van der Waals surface area contributed by atoms with Crippen LogP contribution in [0.5, 0.6) is 0 Å². The van der Waals surface area contributed by atoms with E-state index in [9.17, 15) is 14.7 Å². The van der Waals surface area contributed by atoms with Gasteiger partial charge in [0.05, 0.1) is 18.4 Å². The van der Waals surface area contributed by atoms with Crippen LogP contribution in [-0.2, 0) is 16.1 Å². The van der Waals surface area contributed by atoms with Crippen LogP contribution >= 0.6 is 11.3 Å². The van der Waals surface area contributed by atoms with Crippen molar-refractivity contribution in [3.05, 3.63) is 28.7 Å². The highest BCUT2D eigenvalue weighted by Crippen LogP contribution is 2.48. The second-order valence-electron chi connectivity index (χ2n) is 4.98. The fraction of sp³-hybridized carbons (Fsp3) is 0.462. The number of aromatic nitrogens is 1. The Morgan fingerprint density at radius 1 is 1.37 bits per heavy atom. The highest BCUT2D eigenvalue weighted by molar-refractivity contribution is 7.09. The number of nitrogens with one attached hydrogen (secondary N) is 1. The minimum atomic E-state index is -0.869. The molecule has 2 bridgehead atoms. The molecule has 1 aromatic heterocycles. The summed E-state index contributed by atoms with van der Waals surface area (Å²) in [5.74, 6) is -1.97. The van der Waals surface area contributed by atoms with Crippen LogP contribution in [0.3, 0.4) is 0 Å². The average molecular weight is 278 g/mol. The van der Waals surface area contributed by atoms with Crippen LogP contribution in [0.15, 0.2) is 23.7 Å². The van der Waals surface area contributed by atoms with E-state index >= 15 is 0 Å². The Morgan fingerprint density at radius 3 is 2.74 bits per heavy atom. The van der Waals surface area contributed by atoms with E-state index in [1.54, 1.807) is 6.20 Å². The zero-order valence-electron chi connectivity index (χ0n) is 10.2. The summed E-state index contributed by atoms with van der Waals surface area (Å²) in [5, 5.41) is 14.8. The van der Waals surface area contributed by atoms with E-state index in [0.717, 1.165) is 11.4 Å². The molecular weight excluding hydrogens is 264 g/mol. The maximum Gasteiger partial charge on any atom is 0.307 e. The van der Waals surface area contributed by atoms with Crippen LogP contribution < -0.4 is 5.32 Å². The Morgan fingerprint density at radius 2 is 2.11 bits per heavy atom. The molecule has 3 rings (SSSR count). The zero-order chi connectivity index (χ0) is 13.4. The lowest BCUT2D eigenvalue weighted by atomic mass is 9.82. The van der Waals surface area contributed by atoms with E-state index < -0.39 is 17.8 Å². The summed E-state index contributed by atoms with van der Waals surface area (Å²) in [7, 11) is 0. The first-order valence-corrected chi connectivity index (χ1v) is 7.12. The van der Waals surface area contributed by atoms with Gasteiger partial charge in [0.25, 0.3) is 0 Å². The van der Waals surface area contributed by atoms with Crippen LogP contribution in [0.2, 0.25) is 0 Å². The van der Waals surface area contributed by atoms with Gasteiger partial charge in [-0.1, -0.05) is 12.2 Å². The summed E-state index contributed by atoms with van der Waals surface area (Å²) in [6, 6.07) is 0. The van der Waals surface area contributed by atoms with Crippen LogP contribution in [0, 0.1) is 23.7 Å². The van der Waals surface area contributed by atoms with E-state index in [2.05, 4.69) is 10.3 Å². The topological polar surface area (TPSA) is 79.3 Å². The van der Waals surface area contributed by atoms with Gasteiger partial charge >= 0.3 is 5.97 Å². The second-order valence-corrected chi connectivity index (χ2v) is 5.96. The molecule has 100 valence electrons. The molecule has 2 aliphatic rings. The van der Waals surface area contributed by atoms with Crippen molar-refractivity contribution in [3.63, 3.8) is 0 Å². The van der Waals surface area contributed by atoms with E-state index in [-0.39, 0.29) is 17.7 Å². The number of allylic oxidation sites excluding steroid dienone is 2. The van der Waals surface area contributed by atoms with Crippen molar-refractivity contribution in [1.82, 2.24) is 10.3 Å². The summed E-state index contributed by atoms with van der Waals surface area (Å²) in [5.41, 5.74) is 0. The quantitative estimate of drug-likeness (QED) is 0.813. The first-order valence-electron chi connectivity index (χ1n) is 6.24. The number of carbonyl (C=O) groups is 2. The predicted molar refractivity (Wildman–Crippen MR) is 69.3 cm³/mol. The van der Waals surface area contributed by atoms with Crippen molar-refractivity contribution >= 4 is 23.2 Å². The predicted octanol–water partition coefficient (Wildman–Crippen LogP) is 1.28. The minimum Gasteiger partial charge on any atom is -0.481 e. The summed E-state index contributed by atoms with van der Waals surface area (Å²) in [4.78, 5) is 27.6.